The van der Waals surface area contributed by atoms with Crippen molar-refractivity contribution < 1.29 is 8.42 Å². The maximum Gasteiger partial charge on any atom is 0.244 e. The molecule has 7 heteroatoms. The molecule has 0 bridgehead atoms. The molecule has 0 spiro atoms. The quantitative estimate of drug-likeness (QED) is 0.705. The fourth-order valence-electron chi connectivity index (χ4n) is 1.68. The average Bonchev–Trinajstić information content (AvgIpc) is 2.67. The van der Waals surface area contributed by atoms with Crippen LogP contribution in [0, 0.1) is 6.92 Å². The van der Waals surface area contributed by atoms with Gasteiger partial charge in [-0.05, 0) is 33.7 Å². The Kier molecular flexibility index (Phi) is 5.11. The van der Waals surface area contributed by atoms with Gasteiger partial charge in [0.25, 0.3) is 0 Å². The highest BCUT2D eigenvalue weighted by atomic mass is 32.2. The highest BCUT2D eigenvalue weighted by Crippen LogP contribution is 2.20. The van der Waals surface area contributed by atoms with E-state index < -0.39 is 15.6 Å². The summed E-state index contributed by atoms with van der Waals surface area (Å²) in [6.45, 7) is 10.6. The molecule has 0 fully saturated rings. The Labute approximate surface area is 115 Å². The monoisotopic (exact) mass is 288 g/mol. The van der Waals surface area contributed by atoms with Crippen LogP contribution in [0.15, 0.2) is 4.90 Å². The number of nitrogens with one attached hydrogen (secondary N) is 3. The average molecular weight is 288 g/mol. The molecule has 0 unspecified atom stereocenters. The Hall–Kier alpha value is -0.920. The van der Waals surface area contributed by atoms with Crippen LogP contribution >= 0.6 is 0 Å². The first-order valence-electron chi connectivity index (χ1n) is 6.52. The third-order valence-corrected chi connectivity index (χ3v) is 4.97. The SMILES string of the molecule is CCNCc1n[nH]c(C)c1S(=O)(=O)NC(C)(C)CC. The van der Waals surface area contributed by atoms with Crippen LogP contribution in [0.3, 0.4) is 0 Å². The van der Waals surface area contributed by atoms with Crippen molar-refractivity contribution in [2.75, 3.05) is 6.54 Å². The molecule has 0 saturated carbocycles. The molecule has 0 aliphatic carbocycles. The summed E-state index contributed by atoms with van der Waals surface area (Å²) in [4.78, 5) is 0.259. The molecule has 0 radical (unpaired) electrons. The zero-order chi connectivity index (χ0) is 14.7. The number of H-pyrrole nitrogens is 1. The third kappa shape index (κ3) is 4.02. The summed E-state index contributed by atoms with van der Waals surface area (Å²) >= 11 is 0. The normalized spacial score (nSPS) is 12.9. The maximum atomic E-state index is 12.5. The molecule has 0 aromatic carbocycles. The van der Waals surface area contributed by atoms with Gasteiger partial charge >= 0.3 is 0 Å². The molecule has 0 saturated heterocycles. The molecule has 0 aliphatic heterocycles. The Morgan fingerprint density at radius 1 is 1.32 bits per heavy atom. The predicted octanol–water partition coefficient (Wildman–Crippen LogP) is 1.29. The van der Waals surface area contributed by atoms with Gasteiger partial charge < -0.3 is 5.32 Å². The molecule has 0 amide bonds. The highest BCUT2D eigenvalue weighted by Gasteiger charge is 2.29. The van der Waals surface area contributed by atoms with Crippen LogP contribution in [-0.4, -0.2) is 30.7 Å². The number of nitrogens with zero attached hydrogens (tertiary/aromatic N) is 1. The molecule has 0 atom stereocenters. The van der Waals surface area contributed by atoms with Crippen molar-refractivity contribution in [3.63, 3.8) is 0 Å². The number of aryl methyl sites for hydroxylation is 1. The molecule has 0 aliphatic rings. The standard InChI is InChI=1S/C12H24N4O2S/c1-6-12(4,5)16-19(17,18)11-9(3)14-15-10(11)8-13-7-2/h13,16H,6-8H2,1-5H3,(H,14,15). The second-order valence-electron chi connectivity index (χ2n) is 5.25. The minimum absolute atomic E-state index is 0.259. The zero-order valence-corrected chi connectivity index (χ0v) is 13.1. The predicted molar refractivity (Wildman–Crippen MR) is 75.4 cm³/mol. The van der Waals surface area contributed by atoms with Crippen molar-refractivity contribution >= 4 is 10.0 Å². The molecule has 19 heavy (non-hydrogen) atoms. The van der Waals surface area contributed by atoms with Crippen molar-refractivity contribution in [2.45, 2.75) is 58.0 Å². The summed E-state index contributed by atoms with van der Waals surface area (Å²) in [5.74, 6) is 0. The molecule has 3 N–H and O–H groups in total. The van der Waals surface area contributed by atoms with E-state index >= 15 is 0 Å². The van der Waals surface area contributed by atoms with Crippen LogP contribution in [0.2, 0.25) is 0 Å². The lowest BCUT2D eigenvalue weighted by molar-refractivity contribution is 0.439. The minimum Gasteiger partial charge on any atom is -0.311 e. The summed E-state index contributed by atoms with van der Waals surface area (Å²) in [5.41, 5.74) is 0.615. The lowest BCUT2D eigenvalue weighted by atomic mass is 10.0. The molecule has 110 valence electrons. The smallest absolute Gasteiger partial charge is 0.244 e. The molecule has 1 aromatic rings. The van der Waals surface area contributed by atoms with Gasteiger partial charge in [0.15, 0.2) is 0 Å². The Balaban J connectivity index is 3.10. The first-order chi connectivity index (χ1) is 8.73. The summed E-state index contributed by atoms with van der Waals surface area (Å²) < 4.78 is 27.7. The van der Waals surface area contributed by atoms with E-state index in [1.165, 1.54) is 0 Å². The summed E-state index contributed by atoms with van der Waals surface area (Å²) in [5, 5.41) is 9.91. The molecular weight excluding hydrogens is 264 g/mol. The number of rotatable bonds is 7. The topological polar surface area (TPSA) is 86.9 Å². The lowest BCUT2D eigenvalue weighted by Crippen LogP contribution is -2.43. The first-order valence-corrected chi connectivity index (χ1v) is 8.00. The van der Waals surface area contributed by atoms with Crippen molar-refractivity contribution in [3.05, 3.63) is 11.4 Å². The number of hydrogen-bond donors (Lipinski definition) is 3. The zero-order valence-electron chi connectivity index (χ0n) is 12.3. The summed E-state index contributed by atoms with van der Waals surface area (Å²) in [7, 11) is -3.56. The number of aromatic nitrogens is 2. The van der Waals surface area contributed by atoms with E-state index in [-0.39, 0.29) is 4.90 Å². The van der Waals surface area contributed by atoms with Gasteiger partial charge in [-0.1, -0.05) is 13.8 Å². The van der Waals surface area contributed by atoms with Gasteiger partial charge in [0, 0.05) is 12.1 Å². The minimum atomic E-state index is -3.56. The highest BCUT2D eigenvalue weighted by molar-refractivity contribution is 7.89. The van der Waals surface area contributed by atoms with Gasteiger partial charge in [0.1, 0.15) is 4.90 Å². The fraction of sp³-hybridized carbons (Fsp3) is 0.750. The van der Waals surface area contributed by atoms with Crippen LogP contribution < -0.4 is 10.0 Å². The lowest BCUT2D eigenvalue weighted by Gasteiger charge is -2.24. The molecule has 6 nitrogen and oxygen atoms in total. The first kappa shape index (κ1) is 16.1. The third-order valence-electron chi connectivity index (χ3n) is 3.07. The Morgan fingerprint density at radius 2 is 1.95 bits per heavy atom. The van der Waals surface area contributed by atoms with Crippen LogP contribution in [0.1, 0.15) is 45.5 Å². The van der Waals surface area contributed by atoms with Crippen LogP contribution in [0.25, 0.3) is 0 Å². The molecule has 1 aromatic heterocycles. The van der Waals surface area contributed by atoms with Crippen molar-refractivity contribution in [2.24, 2.45) is 0 Å². The van der Waals surface area contributed by atoms with E-state index in [2.05, 4.69) is 20.2 Å². The summed E-state index contributed by atoms with van der Waals surface area (Å²) in [6, 6.07) is 0. The van der Waals surface area contributed by atoms with E-state index in [0.717, 1.165) is 6.54 Å². The van der Waals surface area contributed by atoms with Gasteiger partial charge in [-0.2, -0.15) is 5.10 Å². The van der Waals surface area contributed by atoms with Crippen molar-refractivity contribution in [3.8, 4) is 0 Å². The molecular formula is C12H24N4O2S. The maximum absolute atomic E-state index is 12.5. The van der Waals surface area contributed by atoms with Crippen LogP contribution in [0.4, 0.5) is 0 Å². The second-order valence-corrected chi connectivity index (χ2v) is 6.87. The fourth-order valence-corrected chi connectivity index (χ4v) is 3.53. The van der Waals surface area contributed by atoms with Gasteiger partial charge in [-0.15, -0.1) is 0 Å². The Morgan fingerprint density at radius 3 is 2.47 bits per heavy atom. The molecule has 1 heterocycles. The van der Waals surface area contributed by atoms with Gasteiger partial charge in [0.2, 0.25) is 10.0 Å². The van der Waals surface area contributed by atoms with Gasteiger partial charge in [-0.25, -0.2) is 13.1 Å². The second kappa shape index (κ2) is 6.02. The van der Waals surface area contributed by atoms with Gasteiger partial charge in [0.05, 0.1) is 11.4 Å². The van der Waals surface area contributed by atoms with E-state index in [4.69, 9.17) is 0 Å². The van der Waals surface area contributed by atoms with Crippen LogP contribution in [0.5, 0.6) is 0 Å². The molecule has 1 rings (SSSR count). The van der Waals surface area contributed by atoms with E-state index in [9.17, 15) is 8.42 Å². The summed E-state index contributed by atoms with van der Waals surface area (Å²) in [6.07, 6.45) is 0.714. The van der Waals surface area contributed by atoms with Crippen LogP contribution in [-0.2, 0) is 16.6 Å². The van der Waals surface area contributed by atoms with Crippen molar-refractivity contribution in [1.82, 2.24) is 20.2 Å². The van der Waals surface area contributed by atoms with E-state index in [1.807, 2.05) is 27.7 Å². The number of hydrogen-bond acceptors (Lipinski definition) is 4. The van der Waals surface area contributed by atoms with E-state index in [0.29, 0.717) is 24.4 Å². The van der Waals surface area contributed by atoms with E-state index in [1.54, 1.807) is 6.92 Å². The van der Waals surface area contributed by atoms with Gasteiger partial charge in [-0.3, -0.25) is 5.10 Å². The largest absolute Gasteiger partial charge is 0.311 e. The number of aromatic amines is 1. The Bertz CT molecular complexity index is 520. The van der Waals surface area contributed by atoms with Crippen molar-refractivity contribution in [1.29, 1.82) is 0 Å². The number of sulfonamides is 1.